The van der Waals surface area contributed by atoms with Crippen molar-refractivity contribution >= 4 is 34.2 Å². The highest BCUT2D eigenvalue weighted by molar-refractivity contribution is 7.86. The van der Waals surface area contributed by atoms with E-state index in [1.54, 1.807) is 25.1 Å². The molecule has 0 saturated carbocycles. The largest absolute Gasteiger partial charge is 0.465 e. The van der Waals surface area contributed by atoms with Crippen LogP contribution < -0.4 is 4.31 Å². The number of anilines is 1. The fourth-order valence-corrected chi connectivity index (χ4v) is 3.57. The lowest BCUT2D eigenvalue weighted by molar-refractivity contribution is -0.141. The standard InChI is InChI=1S/C17H15ClF3NO3S/c1-2-25-16(23)11-22(26(24)13-6-4-3-5-7-13)15-10-12(17(19,20)21)8-9-14(15)18/h3-10H,2,11H2,1H3. The van der Waals surface area contributed by atoms with Crippen LogP contribution in [0.3, 0.4) is 0 Å². The summed E-state index contributed by atoms with van der Waals surface area (Å²) in [7, 11) is -1.96. The molecule has 2 rings (SSSR count). The third kappa shape index (κ3) is 4.98. The Balaban J connectivity index is 2.50. The molecular formula is C17H15ClF3NO3S. The van der Waals surface area contributed by atoms with Crippen molar-refractivity contribution in [1.82, 2.24) is 0 Å². The van der Waals surface area contributed by atoms with E-state index in [4.69, 9.17) is 16.3 Å². The van der Waals surface area contributed by atoms with Crippen molar-refractivity contribution in [1.29, 1.82) is 0 Å². The van der Waals surface area contributed by atoms with Crippen molar-refractivity contribution in [2.24, 2.45) is 0 Å². The Morgan fingerprint density at radius 1 is 1.19 bits per heavy atom. The molecule has 2 aromatic carbocycles. The summed E-state index contributed by atoms with van der Waals surface area (Å²) in [6.07, 6.45) is -4.61. The Hall–Kier alpha value is -2.06. The summed E-state index contributed by atoms with van der Waals surface area (Å²) in [5.74, 6) is -0.731. The number of rotatable bonds is 6. The maximum absolute atomic E-state index is 13.0. The Kier molecular flexibility index (Phi) is 6.66. The topological polar surface area (TPSA) is 46.6 Å². The summed E-state index contributed by atoms with van der Waals surface area (Å²) in [5.41, 5.74) is -1.13. The van der Waals surface area contributed by atoms with Crippen molar-refractivity contribution in [3.8, 4) is 0 Å². The Morgan fingerprint density at radius 3 is 2.42 bits per heavy atom. The van der Waals surface area contributed by atoms with Crippen LogP contribution in [0, 0.1) is 0 Å². The first-order valence-corrected chi connectivity index (χ1v) is 8.99. The van der Waals surface area contributed by atoms with Crippen LogP contribution in [0.5, 0.6) is 0 Å². The van der Waals surface area contributed by atoms with E-state index in [0.29, 0.717) is 4.90 Å². The predicted octanol–water partition coefficient (Wildman–Crippen LogP) is 4.45. The Morgan fingerprint density at radius 2 is 1.85 bits per heavy atom. The van der Waals surface area contributed by atoms with Crippen LogP contribution in [0.15, 0.2) is 53.4 Å². The second-order valence-electron chi connectivity index (χ2n) is 5.07. The van der Waals surface area contributed by atoms with Gasteiger partial charge in [0.05, 0.1) is 27.8 Å². The molecule has 0 bridgehead atoms. The quantitative estimate of drug-likeness (QED) is 0.667. The molecule has 4 nitrogen and oxygen atoms in total. The summed E-state index contributed by atoms with van der Waals surface area (Å²) >= 11 is 6.04. The number of esters is 1. The van der Waals surface area contributed by atoms with Gasteiger partial charge in [-0.2, -0.15) is 13.2 Å². The fraction of sp³-hybridized carbons (Fsp3) is 0.235. The first kappa shape index (κ1) is 20.3. The number of hydrogen-bond acceptors (Lipinski definition) is 3. The number of alkyl halides is 3. The Bertz CT molecular complexity index is 800. The van der Waals surface area contributed by atoms with Gasteiger partial charge in [-0.15, -0.1) is 0 Å². The first-order chi connectivity index (χ1) is 12.2. The maximum Gasteiger partial charge on any atom is 0.416 e. The molecule has 0 heterocycles. The van der Waals surface area contributed by atoms with Gasteiger partial charge in [0.1, 0.15) is 6.54 Å². The lowest BCUT2D eigenvalue weighted by atomic mass is 10.2. The van der Waals surface area contributed by atoms with Crippen LogP contribution in [0.25, 0.3) is 0 Å². The van der Waals surface area contributed by atoms with E-state index in [1.807, 2.05) is 0 Å². The van der Waals surface area contributed by atoms with E-state index in [1.165, 1.54) is 12.1 Å². The highest BCUT2D eigenvalue weighted by Gasteiger charge is 2.32. The van der Waals surface area contributed by atoms with E-state index in [-0.39, 0.29) is 17.3 Å². The molecule has 0 spiro atoms. The minimum atomic E-state index is -4.61. The van der Waals surface area contributed by atoms with Gasteiger partial charge in [0.2, 0.25) is 0 Å². The van der Waals surface area contributed by atoms with E-state index < -0.39 is 35.2 Å². The molecule has 0 amide bonds. The third-order valence-corrected chi connectivity index (χ3v) is 4.99. The lowest BCUT2D eigenvalue weighted by Gasteiger charge is -2.24. The van der Waals surface area contributed by atoms with Crippen molar-refractivity contribution in [2.45, 2.75) is 18.0 Å². The molecule has 0 aromatic heterocycles. The monoisotopic (exact) mass is 405 g/mol. The average Bonchev–Trinajstić information content (AvgIpc) is 2.60. The predicted molar refractivity (Wildman–Crippen MR) is 93.3 cm³/mol. The van der Waals surface area contributed by atoms with Gasteiger partial charge >= 0.3 is 12.1 Å². The SMILES string of the molecule is CCOC(=O)CN(c1cc(C(F)(F)F)ccc1Cl)S(=O)c1ccccc1. The van der Waals surface area contributed by atoms with E-state index in [2.05, 4.69) is 0 Å². The van der Waals surface area contributed by atoms with Crippen molar-refractivity contribution in [2.75, 3.05) is 17.5 Å². The number of ether oxygens (including phenoxy) is 1. The molecule has 0 radical (unpaired) electrons. The van der Waals surface area contributed by atoms with Gasteiger partial charge in [-0.25, -0.2) is 4.21 Å². The third-order valence-electron chi connectivity index (χ3n) is 3.27. The summed E-state index contributed by atoms with van der Waals surface area (Å²) in [4.78, 5) is 12.2. The number of benzene rings is 2. The Labute approximate surface area is 156 Å². The van der Waals surface area contributed by atoms with Crippen LogP contribution in [0.4, 0.5) is 18.9 Å². The lowest BCUT2D eigenvalue weighted by Crippen LogP contribution is -2.33. The van der Waals surface area contributed by atoms with Gasteiger partial charge < -0.3 is 4.74 Å². The van der Waals surface area contributed by atoms with Gasteiger partial charge in [-0.3, -0.25) is 9.10 Å². The van der Waals surface area contributed by atoms with E-state index in [0.717, 1.165) is 22.5 Å². The number of carbonyl (C=O) groups is 1. The summed E-state index contributed by atoms with van der Waals surface area (Å²) in [5, 5.41) is -0.0634. The van der Waals surface area contributed by atoms with Crippen molar-refractivity contribution < 1.29 is 26.9 Å². The van der Waals surface area contributed by atoms with Crippen LogP contribution in [-0.4, -0.2) is 23.3 Å². The molecule has 1 atom stereocenters. The zero-order valence-corrected chi connectivity index (χ0v) is 15.2. The summed E-state index contributed by atoms with van der Waals surface area (Å²) < 4.78 is 57.8. The molecule has 9 heteroatoms. The molecule has 0 saturated heterocycles. The molecule has 2 aromatic rings. The average molecular weight is 406 g/mol. The summed E-state index contributed by atoms with van der Waals surface area (Å²) in [6.45, 7) is 1.16. The second-order valence-corrected chi connectivity index (χ2v) is 6.89. The number of carbonyl (C=O) groups excluding carboxylic acids is 1. The van der Waals surface area contributed by atoms with Gasteiger partial charge in [0.25, 0.3) is 0 Å². The van der Waals surface area contributed by atoms with E-state index in [9.17, 15) is 22.2 Å². The fourth-order valence-electron chi connectivity index (χ4n) is 2.10. The van der Waals surface area contributed by atoms with Gasteiger partial charge in [-0.05, 0) is 37.3 Å². The molecular weight excluding hydrogens is 391 g/mol. The summed E-state index contributed by atoms with van der Waals surface area (Å²) in [6, 6.07) is 10.7. The molecule has 0 aliphatic rings. The van der Waals surface area contributed by atoms with Gasteiger partial charge in [0.15, 0.2) is 11.0 Å². The van der Waals surface area contributed by atoms with Gasteiger partial charge in [-0.1, -0.05) is 29.8 Å². The van der Waals surface area contributed by atoms with Gasteiger partial charge in [0, 0.05) is 0 Å². The van der Waals surface area contributed by atoms with Crippen molar-refractivity contribution in [3.05, 3.63) is 59.1 Å². The molecule has 0 aliphatic heterocycles. The van der Waals surface area contributed by atoms with Crippen LogP contribution >= 0.6 is 11.6 Å². The number of nitrogens with zero attached hydrogens (tertiary/aromatic N) is 1. The zero-order valence-electron chi connectivity index (χ0n) is 13.6. The maximum atomic E-state index is 13.0. The highest BCUT2D eigenvalue weighted by atomic mass is 35.5. The number of halogens is 4. The van der Waals surface area contributed by atoms with Crippen LogP contribution in [0.2, 0.25) is 5.02 Å². The van der Waals surface area contributed by atoms with Crippen molar-refractivity contribution in [3.63, 3.8) is 0 Å². The minimum Gasteiger partial charge on any atom is -0.465 e. The molecule has 140 valence electrons. The van der Waals surface area contributed by atoms with Crippen LogP contribution in [0.1, 0.15) is 12.5 Å². The highest BCUT2D eigenvalue weighted by Crippen LogP contribution is 2.36. The molecule has 1 unspecified atom stereocenters. The second kappa shape index (κ2) is 8.55. The first-order valence-electron chi connectivity index (χ1n) is 7.51. The zero-order chi connectivity index (χ0) is 19.3. The molecule has 26 heavy (non-hydrogen) atoms. The molecule has 0 aliphatic carbocycles. The van der Waals surface area contributed by atoms with Crippen LogP contribution in [-0.2, 0) is 26.7 Å². The smallest absolute Gasteiger partial charge is 0.416 e. The number of hydrogen-bond donors (Lipinski definition) is 0. The van der Waals surface area contributed by atoms with E-state index >= 15 is 0 Å². The minimum absolute atomic E-state index is 0.0634. The normalized spacial score (nSPS) is 12.5. The molecule has 0 fully saturated rings. The molecule has 0 N–H and O–H groups in total.